The van der Waals surface area contributed by atoms with Crippen molar-refractivity contribution in [3.05, 3.63) is 0 Å². The quantitative estimate of drug-likeness (QED) is 0.778. The number of nitrogens with one attached hydrogen (secondary N) is 1. The van der Waals surface area contributed by atoms with Crippen LogP contribution < -0.4 is 5.32 Å². The molecule has 0 spiro atoms. The van der Waals surface area contributed by atoms with Gasteiger partial charge in [-0.15, -0.1) is 0 Å². The fraction of sp³-hybridized carbons (Fsp3) is 1.00. The van der Waals surface area contributed by atoms with Gasteiger partial charge >= 0.3 is 0 Å². The van der Waals surface area contributed by atoms with Gasteiger partial charge in [-0.25, -0.2) is 0 Å². The summed E-state index contributed by atoms with van der Waals surface area (Å²) >= 11 is 0. The first-order chi connectivity index (χ1) is 7.83. The van der Waals surface area contributed by atoms with Gasteiger partial charge in [0.15, 0.2) is 0 Å². The van der Waals surface area contributed by atoms with Crippen LogP contribution in [0.4, 0.5) is 0 Å². The van der Waals surface area contributed by atoms with E-state index in [1.54, 1.807) is 0 Å². The Morgan fingerprint density at radius 3 is 2.53 bits per heavy atom. The zero-order chi connectivity index (χ0) is 12.9. The van der Waals surface area contributed by atoms with Crippen molar-refractivity contribution in [2.45, 2.75) is 59.1 Å². The van der Waals surface area contributed by atoms with Crippen LogP contribution in [0.1, 0.15) is 47.5 Å². The molecule has 1 N–H and O–H groups in total. The molecule has 3 nitrogen and oxygen atoms in total. The smallest absolute Gasteiger partial charge is 0.0536 e. The van der Waals surface area contributed by atoms with E-state index in [0.29, 0.717) is 6.10 Å². The van der Waals surface area contributed by atoms with E-state index in [1.165, 1.54) is 0 Å². The first-order valence-corrected chi connectivity index (χ1v) is 6.77. The lowest BCUT2D eigenvalue weighted by molar-refractivity contribution is 0.0437. The minimum atomic E-state index is 0.175. The summed E-state index contributed by atoms with van der Waals surface area (Å²) in [6.07, 6.45) is 2.57. The third kappa shape index (κ3) is 5.84. The van der Waals surface area contributed by atoms with Crippen molar-refractivity contribution in [3.8, 4) is 0 Å². The molecule has 0 radical (unpaired) electrons. The average molecular weight is 243 g/mol. The summed E-state index contributed by atoms with van der Waals surface area (Å²) in [4.78, 5) is 0. The molecule has 0 aliphatic carbocycles. The molecule has 0 aromatic carbocycles. The average Bonchev–Trinajstić information content (AvgIpc) is 2.63. The van der Waals surface area contributed by atoms with E-state index < -0.39 is 0 Å². The maximum absolute atomic E-state index is 5.68. The normalized spacial score (nSPS) is 25.8. The van der Waals surface area contributed by atoms with Crippen LogP contribution in [0.5, 0.6) is 0 Å². The van der Waals surface area contributed by atoms with Crippen LogP contribution in [0.25, 0.3) is 0 Å². The molecular formula is C14H29NO2. The van der Waals surface area contributed by atoms with Gasteiger partial charge < -0.3 is 14.8 Å². The van der Waals surface area contributed by atoms with Crippen LogP contribution in [0, 0.1) is 5.41 Å². The van der Waals surface area contributed by atoms with Gasteiger partial charge in [0, 0.05) is 30.7 Å². The Balaban J connectivity index is 2.39. The maximum Gasteiger partial charge on any atom is 0.0536 e. The highest BCUT2D eigenvalue weighted by Crippen LogP contribution is 2.32. The van der Waals surface area contributed by atoms with Gasteiger partial charge in [0.05, 0.1) is 12.7 Å². The monoisotopic (exact) mass is 243 g/mol. The molecule has 102 valence electrons. The van der Waals surface area contributed by atoms with Crippen molar-refractivity contribution in [2.75, 3.05) is 26.4 Å². The Hall–Kier alpha value is -0.120. The van der Waals surface area contributed by atoms with E-state index >= 15 is 0 Å². The Kier molecular flexibility index (Phi) is 5.42. The minimum absolute atomic E-state index is 0.175. The van der Waals surface area contributed by atoms with E-state index in [4.69, 9.17) is 9.47 Å². The summed E-state index contributed by atoms with van der Waals surface area (Å²) in [6.45, 7) is 14.4. The van der Waals surface area contributed by atoms with Crippen molar-refractivity contribution < 1.29 is 9.47 Å². The van der Waals surface area contributed by atoms with Crippen molar-refractivity contribution >= 4 is 0 Å². The summed E-state index contributed by atoms with van der Waals surface area (Å²) in [6, 6.07) is 0. The fourth-order valence-electron chi connectivity index (χ4n) is 2.04. The molecule has 1 rings (SSSR count). The van der Waals surface area contributed by atoms with Crippen molar-refractivity contribution in [1.82, 2.24) is 5.32 Å². The first kappa shape index (κ1) is 14.9. The second-order valence-corrected chi connectivity index (χ2v) is 6.58. The Morgan fingerprint density at radius 1 is 1.35 bits per heavy atom. The van der Waals surface area contributed by atoms with Crippen molar-refractivity contribution in [2.24, 2.45) is 5.41 Å². The standard InChI is InChI=1S/C14H29NO2/c1-12(2)17-9-7-14(6-8-16-11-14)10-15-13(3,4)5/h12,15H,6-11H2,1-5H3. The predicted octanol–water partition coefficient (Wildman–Crippen LogP) is 2.60. The molecule has 1 aliphatic heterocycles. The van der Waals surface area contributed by atoms with Gasteiger partial charge in [0.1, 0.15) is 0 Å². The molecule has 3 heteroatoms. The summed E-state index contributed by atoms with van der Waals surface area (Å²) in [5, 5.41) is 3.61. The van der Waals surface area contributed by atoms with E-state index in [0.717, 1.165) is 39.2 Å². The van der Waals surface area contributed by atoms with Crippen LogP contribution in [0.3, 0.4) is 0 Å². The molecular weight excluding hydrogens is 214 g/mol. The summed E-state index contributed by atoms with van der Waals surface area (Å²) in [7, 11) is 0. The highest BCUT2D eigenvalue weighted by molar-refractivity contribution is 4.87. The molecule has 1 fully saturated rings. The molecule has 0 bridgehead atoms. The Labute approximate surface area is 106 Å². The molecule has 1 unspecified atom stereocenters. The maximum atomic E-state index is 5.68. The van der Waals surface area contributed by atoms with Crippen LogP contribution in [0.2, 0.25) is 0 Å². The van der Waals surface area contributed by atoms with Gasteiger partial charge in [-0.3, -0.25) is 0 Å². The Morgan fingerprint density at radius 2 is 2.06 bits per heavy atom. The number of hydrogen-bond donors (Lipinski definition) is 1. The number of ether oxygens (including phenoxy) is 2. The van der Waals surface area contributed by atoms with E-state index in [1.807, 2.05) is 0 Å². The largest absolute Gasteiger partial charge is 0.381 e. The molecule has 0 aromatic rings. The highest BCUT2D eigenvalue weighted by atomic mass is 16.5. The van der Waals surface area contributed by atoms with Gasteiger partial charge in [-0.1, -0.05) is 0 Å². The predicted molar refractivity (Wildman–Crippen MR) is 71.3 cm³/mol. The molecule has 17 heavy (non-hydrogen) atoms. The SMILES string of the molecule is CC(C)OCCC1(CNC(C)(C)C)CCOC1. The van der Waals surface area contributed by atoms with Crippen LogP contribution in [-0.4, -0.2) is 38.0 Å². The van der Waals surface area contributed by atoms with Crippen molar-refractivity contribution in [3.63, 3.8) is 0 Å². The van der Waals surface area contributed by atoms with Gasteiger partial charge in [0.2, 0.25) is 0 Å². The molecule has 0 aromatic heterocycles. The lowest BCUT2D eigenvalue weighted by atomic mass is 9.83. The lowest BCUT2D eigenvalue weighted by Gasteiger charge is -2.32. The third-order valence-corrected chi connectivity index (χ3v) is 3.26. The molecule has 1 heterocycles. The van der Waals surface area contributed by atoms with E-state index in [2.05, 4.69) is 39.9 Å². The topological polar surface area (TPSA) is 30.5 Å². The van der Waals surface area contributed by atoms with Gasteiger partial charge in [-0.2, -0.15) is 0 Å². The zero-order valence-corrected chi connectivity index (χ0v) is 12.1. The lowest BCUT2D eigenvalue weighted by Crippen LogP contribution is -2.44. The molecule has 0 saturated carbocycles. The molecule has 1 aliphatic rings. The third-order valence-electron chi connectivity index (χ3n) is 3.26. The molecule has 1 atom stereocenters. The zero-order valence-electron chi connectivity index (χ0n) is 12.1. The Bertz CT molecular complexity index is 215. The summed E-state index contributed by atoms with van der Waals surface area (Å²) in [5.74, 6) is 0. The minimum Gasteiger partial charge on any atom is -0.381 e. The van der Waals surface area contributed by atoms with Crippen LogP contribution >= 0.6 is 0 Å². The van der Waals surface area contributed by atoms with Gasteiger partial charge in [-0.05, 0) is 47.5 Å². The van der Waals surface area contributed by atoms with E-state index in [9.17, 15) is 0 Å². The second-order valence-electron chi connectivity index (χ2n) is 6.58. The van der Waals surface area contributed by atoms with Gasteiger partial charge in [0.25, 0.3) is 0 Å². The van der Waals surface area contributed by atoms with Crippen molar-refractivity contribution in [1.29, 1.82) is 0 Å². The second kappa shape index (κ2) is 6.17. The molecule has 1 saturated heterocycles. The summed E-state index contributed by atoms with van der Waals surface area (Å²) in [5.41, 5.74) is 0.455. The summed E-state index contributed by atoms with van der Waals surface area (Å²) < 4.78 is 11.3. The van der Waals surface area contributed by atoms with Crippen LogP contribution in [-0.2, 0) is 9.47 Å². The van der Waals surface area contributed by atoms with Crippen LogP contribution in [0.15, 0.2) is 0 Å². The van der Waals surface area contributed by atoms with E-state index in [-0.39, 0.29) is 11.0 Å². The first-order valence-electron chi connectivity index (χ1n) is 6.77. The fourth-order valence-corrected chi connectivity index (χ4v) is 2.04. The molecule has 0 amide bonds. The number of rotatable bonds is 6. The highest BCUT2D eigenvalue weighted by Gasteiger charge is 2.35. The number of hydrogen-bond acceptors (Lipinski definition) is 3.